The zero-order valence-electron chi connectivity index (χ0n) is 18.9. The van der Waals surface area contributed by atoms with E-state index in [1.165, 1.54) is 6.07 Å². The smallest absolute Gasteiger partial charge is 0.226 e. The molecular weight excluding hydrogens is 450 g/mol. The van der Waals surface area contributed by atoms with Crippen LogP contribution in [0.25, 0.3) is 10.8 Å². The van der Waals surface area contributed by atoms with E-state index in [9.17, 15) is 18.4 Å². The SMILES string of the molecule is Nc1nccc2cc(CCC(=O)[C@H](Cc3ccc(F)c(F)c3)NC(=O)Cc3ccccn3)ccc12. The lowest BCUT2D eigenvalue weighted by molar-refractivity contribution is -0.127. The van der Waals surface area contributed by atoms with Crippen molar-refractivity contribution in [1.29, 1.82) is 0 Å². The summed E-state index contributed by atoms with van der Waals surface area (Å²) in [5.41, 5.74) is 7.81. The number of anilines is 1. The average molecular weight is 475 g/mol. The topological polar surface area (TPSA) is 98.0 Å². The fourth-order valence-electron chi connectivity index (χ4n) is 3.91. The van der Waals surface area contributed by atoms with Gasteiger partial charge in [0.1, 0.15) is 5.82 Å². The molecule has 0 aliphatic carbocycles. The maximum absolute atomic E-state index is 13.7. The standard InChI is InChI=1S/C27H24F2N4O2/c28-22-8-5-18(14-23(22)29)15-24(33-26(35)16-20-3-1-2-11-31-20)25(34)9-6-17-4-7-21-19(13-17)10-12-32-27(21)30/h1-5,7-8,10-14,24H,6,9,15-16H2,(H2,30,32)(H,33,35)/t24-/m0/s1. The maximum Gasteiger partial charge on any atom is 0.226 e. The Morgan fingerprint density at radius 3 is 2.51 bits per heavy atom. The minimum Gasteiger partial charge on any atom is -0.383 e. The van der Waals surface area contributed by atoms with Crippen molar-refractivity contribution >= 4 is 28.3 Å². The van der Waals surface area contributed by atoms with E-state index in [4.69, 9.17) is 5.73 Å². The molecule has 35 heavy (non-hydrogen) atoms. The average Bonchev–Trinajstić information content (AvgIpc) is 2.85. The van der Waals surface area contributed by atoms with Gasteiger partial charge >= 0.3 is 0 Å². The molecule has 0 unspecified atom stereocenters. The van der Waals surface area contributed by atoms with Crippen LogP contribution in [0.3, 0.4) is 0 Å². The largest absolute Gasteiger partial charge is 0.383 e. The normalized spacial score (nSPS) is 11.8. The number of carbonyl (C=O) groups excluding carboxylic acids is 2. The quantitative estimate of drug-likeness (QED) is 0.383. The van der Waals surface area contributed by atoms with Gasteiger partial charge in [0.2, 0.25) is 5.91 Å². The number of fused-ring (bicyclic) bond motifs is 1. The van der Waals surface area contributed by atoms with Crippen LogP contribution in [0.15, 0.2) is 73.1 Å². The lowest BCUT2D eigenvalue weighted by atomic mass is 9.96. The predicted molar refractivity (Wildman–Crippen MR) is 129 cm³/mol. The van der Waals surface area contributed by atoms with Crippen LogP contribution >= 0.6 is 0 Å². The van der Waals surface area contributed by atoms with E-state index in [-0.39, 0.29) is 31.0 Å². The first kappa shape index (κ1) is 23.9. The zero-order valence-corrected chi connectivity index (χ0v) is 18.9. The van der Waals surface area contributed by atoms with Gasteiger partial charge in [0.25, 0.3) is 0 Å². The molecule has 6 nitrogen and oxygen atoms in total. The van der Waals surface area contributed by atoms with Crippen LogP contribution in [0, 0.1) is 11.6 Å². The minimum absolute atomic E-state index is 0.00251. The molecule has 2 aromatic heterocycles. The van der Waals surface area contributed by atoms with Gasteiger partial charge in [-0.15, -0.1) is 0 Å². The summed E-state index contributed by atoms with van der Waals surface area (Å²) >= 11 is 0. The molecular formula is C27H24F2N4O2. The molecule has 2 heterocycles. The number of aromatic nitrogens is 2. The molecule has 0 fully saturated rings. The van der Waals surface area contributed by atoms with Gasteiger partial charge in [0.05, 0.1) is 12.5 Å². The number of hydrogen-bond donors (Lipinski definition) is 2. The fourth-order valence-corrected chi connectivity index (χ4v) is 3.91. The Hall–Kier alpha value is -4.20. The highest BCUT2D eigenvalue weighted by Gasteiger charge is 2.22. The summed E-state index contributed by atoms with van der Waals surface area (Å²) in [5.74, 6) is -2.12. The number of rotatable bonds is 9. The lowest BCUT2D eigenvalue weighted by Gasteiger charge is -2.18. The van der Waals surface area contributed by atoms with E-state index in [1.54, 1.807) is 30.6 Å². The van der Waals surface area contributed by atoms with Crippen molar-refractivity contribution in [3.63, 3.8) is 0 Å². The second-order valence-electron chi connectivity index (χ2n) is 8.29. The maximum atomic E-state index is 13.7. The zero-order chi connectivity index (χ0) is 24.8. The molecule has 0 spiro atoms. The van der Waals surface area contributed by atoms with Crippen molar-refractivity contribution in [3.8, 4) is 0 Å². The third kappa shape index (κ3) is 6.23. The summed E-state index contributed by atoms with van der Waals surface area (Å²) < 4.78 is 27.1. The minimum atomic E-state index is -1.00. The Bertz CT molecular complexity index is 1360. The van der Waals surface area contributed by atoms with Crippen LogP contribution in [0.2, 0.25) is 0 Å². The number of nitrogens with two attached hydrogens (primary N) is 1. The number of ketones is 1. The summed E-state index contributed by atoms with van der Waals surface area (Å²) in [5, 5.41) is 4.51. The second kappa shape index (κ2) is 10.8. The van der Waals surface area contributed by atoms with E-state index in [0.29, 0.717) is 23.5 Å². The number of amides is 1. The summed E-state index contributed by atoms with van der Waals surface area (Å²) in [6.45, 7) is 0. The Morgan fingerprint density at radius 2 is 1.74 bits per heavy atom. The van der Waals surface area contributed by atoms with E-state index in [2.05, 4.69) is 15.3 Å². The van der Waals surface area contributed by atoms with Crippen LogP contribution in [0.4, 0.5) is 14.6 Å². The van der Waals surface area contributed by atoms with Crippen molar-refractivity contribution < 1.29 is 18.4 Å². The number of nitrogens with one attached hydrogen (secondary N) is 1. The summed E-state index contributed by atoms with van der Waals surface area (Å²) in [4.78, 5) is 34.0. The third-order valence-corrected chi connectivity index (χ3v) is 5.74. The molecule has 0 radical (unpaired) electrons. The first-order valence-electron chi connectivity index (χ1n) is 11.2. The molecule has 178 valence electrons. The first-order valence-corrected chi connectivity index (χ1v) is 11.2. The Morgan fingerprint density at radius 1 is 0.914 bits per heavy atom. The fraction of sp³-hybridized carbons (Fsp3) is 0.185. The molecule has 4 aromatic rings. The number of Topliss-reactive ketones (excluding diaryl/α,β-unsaturated/α-hetero) is 1. The van der Waals surface area contributed by atoms with Crippen LogP contribution in [0.1, 0.15) is 23.2 Å². The number of carbonyl (C=O) groups is 2. The van der Waals surface area contributed by atoms with E-state index in [0.717, 1.165) is 28.5 Å². The first-order chi connectivity index (χ1) is 16.9. The summed E-state index contributed by atoms with van der Waals surface area (Å²) in [6.07, 6.45) is 3.86. The molecule has 4 rings (SSSR count). The molecule has 0 saturated carbocycles. The van der Waals surface area contributed by atoms with Gasteiger partial charge in [-0.25, -0.2) is 13.8 Å². The van der Waals surface area contributed by atoms with Crippen molar-refractivity contribution in [2.24, 2.45) is 0 Å². The lowest BCUT2D eigenvalue weighted by Crippen LogP contribution is -2.43. The predicted octanol–water partition coefficient (Wildman–Crippen LogP) is 3.96. The number of pyridine rings is 2. The monoisotopic (exact) mass is 474 g/mol. The molecule has 2 aromatic carbocycles. The number of benzene rings is 2. The number of nitrogen functional groups attached to an aromatic ring is 1. The highest BCUT2D eigenvalue weighted by atomic mass is 19.2. The van der Waals surface area contributed by atoms with Gasteiger partial charge in [0.15, 0.2) is 17.4 Å². The molecule has 0 saturated heterocycles. The molecule has 1 atom stereocenters. The Balaban J connectivity index is 1.48. The van der Waals surface area contributed by atoms with Crippen LogP contribution < -0.4 is 11.1 Å². The number of hydrogen-bond acceptors (Lipinski definition) is 5. The summed E-state index contributed by atoms with van der Waals surface area (Å²) in [6, 6.07) is 15.4. The second-order valence-corrected chi connectivity index (χ2v) is 8.29. The van der Waals surface area contributed by atoms with Crippen LogP contribution in [-0.4, -0.2) is 27.7 Å². The highest BCUT2D eigenvalue weighted by molar-refractivity contribution is 5.92. The Labute approximate surface area is 201 Å². The molecule has 1 amide bonds. The van der Waals surface area contributed by atoms with E-state index < -0.39 is 17.7 Å². The molecule has 0 aliphatic rings. The van der Waals surface area contributed by atoms with Crippen LogP contribution in [-0.2, 0) is 28.9 Å². The molecule has 0 bridgehead atoms. The van der Waals surface area contributed by atoms with Gasteiger partial charge in [-0.2, -0.15) is 0 Å². The van der Waals surface area contributed by atoms with Gasteiger partial charge < -0.3 is 11.1 Å². The number of aryl methyl sites for hydroxylation is 1. The molecule has 8 heteroatoms. The van der Waals surface area contributed by atoms with E-state index in [1.807, 2.05) is 24.3 Å². The van der Waals surface area contributed by atoms with Gasteiger partial charge in [0, 0.05) is 29.9 Å². The third-order valence-electron chi connectivity index (χ3n) is 5.74. The van der Waals surface area contributed by atoms with Crippen LogP contribution in [0.5, 0.6) is 0 Å². The number of halogens is 2. The number of nitrogens with zero attached hydrogens (tertiary/aromatic N) is 2. The van der Waals surface area contributed by atoms with E-state index >= 15 is 0 Å². The highest BCUT2D eigenvalue weighted by Crippen LogP contribution is 2.21. The van der Waals surface area contributed by atoms with Crippen molar-refractivity contribution in [2.45, 2.75) is 31.7 Å². The summed E-state index contributed by atoms with van der Waals surface area (Å²) in [7, 11) is 0. The van der Waals surface area contributed by atoms with Gasteiger partial charge in [-0.1, -0.05) is 30.3 Å². The molecule has 0 aliphatic heterocycles. The van der Waals surface area contributed by atoms with Gasteiger partial charge in [-0.3, -0.25) is 14.6 Å². The van der Waals surface area contributed by atoms with Crippen molar-refractivity contribution in [1.82, 2.24) is 15.3 Å². The Kier molecular flexibility index (Phi) is 7.40. The van der Waals surface area contributed by atoms with Crippen molar-refractivity contribution in [2.75, 3.05) is 5.73 Å². The van der Waals surface area contributed by atoms with Crippen molar-refractivity contribution in [3.05, 3.63) is 102 Å². The molecule has 3 N–H and O–H groups in total. The van der Waals surface area contributed by atoms with Gasteiger partial charge in [-0.05, 0) is 59.7 Å².